The molecule has 2 N–H and O–H groups in total. The van der Waals surface area contributed by atoms with E-state index in [-0.39, 0.29) is 17.0 Å². The number of aryl methyl sites for hydroxylation is 1. The number of carboxylic acids is 1. The van der Waals surface area contributed by atoms with E-state index in [0.29, 0.717) is 22.4 Å². The van der Waals surface area contributed by atoms with Crippen LogP contribution in [0.3, 0.4) is 0 Å². The van der Waals surface area contributed by atoms with Gasteiger partial charge in [-0.2, -0.15) is 0 Å². The lowest BCUT2D eigenvalue weighted by atomic mass is 10.00. The highest BCUT2D eigenvalue weighted by atomic mass is 16.4. The van der Waals surface area contributed by atoms with E-state index in [1.54, 1.807) is 30.5 Å². The normalized spacial score (nSPS) is 12.1. The molecule has 2 heterocycles. The number of pyridine rings is 1. The van der Waals surface area contributed by atoms with Crippen LogP contribution >= 0.6 is 0 Å². The van der Waals surface area contributed by atoms with E-state index in [4.69, 9.17) is 4.42 Å². The van der Waals surface area contributed by atoms with Gasteiger partial charge in [-0.15, -0.1) is 0 Å². The van der Waals surface area contributed by atoms with Gasteiger partial charge in [0.15, 0.2) is 5.43 Å². The average Bonchev–Trinajstić information content (AvgIpc) is 2.83. The van der Waals surface area contributed by atoms with Gasteiger partial charge in [-0.25, -0.2) is 4.79 Å². The zero-order valence-electron chi connectivity index (χ0n) is 18.7. The number of rotatable bonds is 5. The quantitative estimate of drug-likeness (QED) is 0.332. The minimum absolute atomic E-state index is 0.134. The van der Waals surface area contributed by atoms with Gasteiger partial charge in [0.1, 0.15) is 11.3 Å². The average molecular weight is 450 g/mol. The SMILES string of the molecule is Cc1cc(C(C)Nc2ccccc2C(=O)O)c2oc(-c3ccc4ncccc4c3)cc(=O)c2c1. The summed E-state index contributed by atoms with van der Waals surface area (Å²) < 4.78 is 6.32. The van der Waals surface area contributed by atoms with E-state index < -0.39 is 5.97 Å². The largest absolute Gasteiger partial charge is 0.478 e. The summed E-state index contributed by atoms with van der Waals surface area (Å²) in [6.45, 7) is 3.84. The van der Waals surface area contributed by atoms with Crippen molar-refractivity contribution in [2.45, 2.75) is 19.9 Å². The van der Waals surface area contributed by atoms with Crippen molar-refractivity contribution in [3.8, 4) is 11.3 Å². The number of carboxylic acid groups (broad SMARTS) is 1. The van der Waals surface area contributed by atoms with Crippen LogP contribution in [0.5, 0.6) is 0 Å². The van der Waals surface area contributed by atoms with Crippen molar-refractivity contribution in [2.24, 2.45) is 0 Å². The molecule has 0 bridgehead atoms. The Kier molecular flexibility index (Phi) is 5.34. The number of hydrogen-bond acceptors (Lipinski definition) is 5. The van der Waals surface area contributed by atoms with Crippen molar-refractivity contribution in [3.63, 3.8) is 0 Å². The molecule has 5 rings (SSSR count). The molecule has 0 saturated heterocycles. The van der Waals surface area contributed by atoms with Gasteiger partial charge in [-0.1, -0.05) is 24.3 Å². The van der Waals surface area contributed by atoms with Crippen LogP contribution in [0.4, 0.5) is 5.69 Å². The molecule has 6 heteroatoms. The lowest BCUT2D eigenvalue weighted by Crippen LogP contribution is -2.12. The van der Waals surface area contributed by atoms with Crippen molar-refractivity contribution >= 4 is 33.5 Å². The Labute approximate surface area is 195 Å². The summed E-state index contributed by atoms with van der Waals surface area (Å²) in [7, 11) is 0. The van der Waals surface area contributed by atoms with Crippen molar-refractivity contribution in [1.82, 2.24) is 4.98 Å². The first-order valence-electron chi connectivity index (χ1n) is 10.9. The smallest absolute Gasteiger partial charge is 0.337 e. The second-order valence-corrected chi connectivity index (χ2v) is 8.33. The Bertz CT molecular complexity index is 1620. The summed E-state index contributed by atoms with van der Waals surface area (Å²) in [6.07, 6.45) is 1.74. The fourth-order valence-corrected chi connectivity index (χ4v) is 4.23. The predicted octanol–water partition coefficient (Wildman–Crippen LogP) is 6.19. The maximum Gasteiger partial charge on any atom is 0.337 e. The van der Waals surface area contributed by atoms with Gasteiger partial charge in [-0.05, 0) is 61.9 Å². The highest BCUT2D eigenvalue weighted by Gasteiger charge is 2.18. The van der Waals surface area contributed by atoms with Gasteiger partial charge in [-0.3, -0.25) is 9.78 Å². The van der Waals surface area contributed by atoms with Crippen molar-refractivity contribution in [2.75, 3.05) is 5.32 Å². The molecule has 0 aliphatic heterocycles. The van der Waals surface area contributed by atoms with Crippen molar-refractivity contribution in [3.05, 3.63) is 106 Å². The second kappa shape index (κ2) is 8.48. The van der Waals surface area contributed by atoms with Crippen LogP contribution in [-0.2, 0) is 0 Å². The minimum Gasteiger partial charge on any atom is -0.478 e. The van der Waals surface area contributed by atoms with Crippen molar-refractivity contribution in [1.29, 1.82) is 0 Å². The zero-order chi connectivity index (χ0) is 23.8. The zero-order valence-corrected chi connectivity index (χ0v) is 18.7. The maximum atomic E-state index is 13.1. The molecular formula is C28H22N2O4. The van der Waals surface area contributed by atoms with Crippen LogP contribution < -0.4 is 10.7 Å². The lowest BCUT2D eigenvalue weighted by Gasteiger charge is -2.19. The molecule has 1 atom stereocenters. The molecule has 0 aliphatic carbocycles. The maximum absolute atomic E-state index is 13.1. The molecule has 5 aromatic rings. The summed E-state index contributed by atoms with van der Waals surface area (Å²) >= 11 is 0. The number of anilines is 1. The van der Waals surface area contributed by atoms with Gasteiger partial charge in [0.25, 0.3) is 0 Å². The minimum atomic E-state index is -1.01. The number of aromatic carboxylic acids is 1. The number of para-hydroxylation sites is 1. The summed E-state index contributed by atoms with van der Waals surface area (Å²) in [6, 6.07) is 21.3. The molecule has 0 spiro atoms. The van der Waals surface area contributed by atoms with E-state index >= 15 is 0 Å². The topological polar surface area (TPSA) is 92.4 Å². The first-order chi connectivity index (χ1) is 16.4. The van der Waals surface area contributed by atoms with Gasteiger partial charge >= 0.3 is 5.97 Å². The van der Waals surface area contributed by atoms with E-state index in [1.165, 1.54) is 6.07 Å². The second-order valence-electron chi connectivity index (χ2n) is 8.33. The van der Waals surface area contributed by atoms with Gasteiger partial charge in [0, 0.05) is 34.5 Å². The summed E-state index contributed by atoms with van der Waals surface area (Å²) in [5.74, 6) is -0.546. The Balaban J connectivity index is 1.64. The first-order valence-corrected chi connectivity index (χ1v) is 10.9. The molecule has 6 nitrogen and oxygen atoms in total. The Morgan fingerprint density at radius 1 is 1.03 bits per heavy atom. The third-order valence-electron chi connectivity index (χ3n) is 5.89. The number of fused-ring (bicyclic) bond motifs is 2. The van der Waals surface area contributed by atoms with Crippen LogP contribution in [-0.4, -0.2) is 16.1 Å². The van der Waals surface area contributed by atoms with Gasteiger partial charge in [0.05, 0.1) is 22.5 Å². The van der Waals surface area contributed by atoms with Crippen LogP contribution in [0.2, 0.25) is 0 Å². The lowest BCUT2D eigenvalue weighted by molar-refractivity contribution is 0.0698. The number of benzene rings is 3. The molecule has 168 valence electrons. The standard InChI is InChI=1S/C28H22N2O4/c1-16-12-21(17(2)30-24-8-4-3-7-20(24)28(32)33)27-22(13-16)25(31)15-26(34-27)19-9-10-23-18(14-19)6-5-11-29-23/h3-15,17,30H,1-2H3,(H,32,33). The Morgan fingerprint density at radius 2 is 1.85 bits per heavy atom. The van der Waals surface area contributed by atoms with Gasteiger partial charge in [0.2, 0.25) is 0 Å². The van der Waals surface area contributed by atoms with E-state index in [1.807, 2.05) is 56.3 Å². The molecule has 1 unspecified atom stereocenters. The highest BCUT2D eigenvalue weighted by Crippen LogP contribution is 2.32. The molecule has 0 aliphatic rings. The summed E-state index contributed by atoms with van der Waals surface area (Å²) in [5, 5.41) is 14.3. The molecule has 34 heavy (non-hydrogen) atoms. The van der Waals surface area contributed by atoms with E-state index in [0.717, 1.165) is 27.6 Å². The molecule has 0 radical (unpaired) electrons. The highest BCUT2D eigenvalue weighted by molar-refractivity contribution is 5.94. The van der Waals surface area contributed by atoms with Crippen molar-refractivity contribution < 1.29 is 14.3 Å². The molecular weight excluding hydrogens is 428 g/mol. The fraction of sp³-hybridized carbons (Fsp3) is 0.107. The van der Waals surface area contributed by atoms with Gasteiger partial charge < -0.3 is 14.8 Å². The Hall–Kier alpha value is -4.45. The summed E-state index contributed by atoms with van der Waals surface area (Å²) in [4.78, 5) is 29.1. The number of nitrogens with zero attached hydrogens (tertiary/aromatic N) is 1. The monoisotopic (exact) mass is 450 g/mol. The van der Waals surface area contributed by atoms with E-state index in [2.05, 4.69) is 10.3 Å². The third kappa shape index (κ3) is 3.90. The van der Waals surface area contributed by atoms with Crippen LogP contribution in [0.25, 0.3) is 33.2 Å². The molecule has 0 fully saturated rings. The molecule has 0 amide bonds. The van der Waals surface area contributed by atoms with E-state index in [9.17, 15) is 14.7 Å². The fourth-order valence-electron chi connectivity index (χ4n) is 4.23. The first kappa shape index (κ1) is 21.4. The number of nitrogens with one attached hydrogen (secondary N) is 1. The predicted molar refractivity (Wildman–Crippen MR) is 133 cm³/mol. The third-order valence-corrected chi connectivity index (χ3v) is 5.89. The van der Waals surface area contributed by atoms with Crippen LogP contribution in [0, 0.1) is 6.92 Å². The number of aromatic nitrogens is 1. The molecule has 0 saturated carbocycles. The molecule has 3 aromatic carbocycles. The van der Waals surface area contributed by atoms with Crippen LogP contribution in [0.15, 0.2) is 88.2 Å². The summed E-state index contributed by atoms with van der Waals surface area (Å²) in [5.41, 5.74) is 4.35. The number of hydrogen-bond donors (Lipinski definition) is 2. The van der Waals surface area contributed by atoms with Crippen LogP contribution in [0.1, 0.15) is 34.5 Å². The molecule has 2 aromatic heterocycles. The number of carbonyl (C=O) groups is 1. The Morgan fingerprint density at radius 3 is 2.68 bits per heavy atom.